The van der Waals surface area contributed by atoms with Gasteiger partial charge in [0, 0.05) is 12.5 Å². The van der Waals surface area contributed by atoms with Crippen molar-refractivity contribution in [2.45, 2.75) is 18.9 Å². The Hall–Kier alpha value is -1.94. The first kappa shape index (κ1) is 13.1. The maximum absolute atomic E-state index is 13.2. The molecule has 1 aliphatic rings. The van der Waals surface area contributed by atoms with Gasteiger partial charge in [0.2, 0.25) is 0 Å². The minimum absolute atomic E-state index is 0.245. The van der Waals surface area contributed by atoms with Crippen LogP contribution in [0.3, 0.4) is 0 Å². The second-order valence-electron chi connectivity index (χ2n) is 5.02. The zero-order chi connectivity index (χ0) is 14.1. The van der Waals surface area contributed by atoms with Crippen LogP contribution in [0.1, 0.15) is 22.7 Å². The molecule has 0 aromatic heterocycles. The van der Waals surface area contributed by atoms with Crippen LogP contribution >= 0.6 is 0 Å². The predicted molar refractivity (Wildman–Crippen MR) is 72.6 cm³/mol. The minimum atomic E-state index is -0.836. The van der Waals surface area contributed by atoms with E-state index in [1.807, 2.05) is 18.2 Å². The predicted octanol–water partition coefficient (Wildman–Crippen LogP) is 3.14. The zero-order valence-electron chi connectivity index (χ0n) is 10.9. The molecule has 2 aromatic rings. The average molecular weight is 275 g/mol. The number of hydrogen-bond donors (Lipinski definition) is 1. The zero-order valence-corrected chi connectivity index (χ0v) is 10.9. The molecular weight excluding hydrogens is 260 g/mol. The van der Waals surface area contributed by atoms with Crippen molar-refractivity contribution in [2.75, 3.05) is 6.61 Å². The van der Waals surface area contributed by atoms with Crippen LogP contribution in [-0.2, 0) is 12.8 Å². The third kappa shape index (κ3) is 2.51. The summed E-state index contributed by atoms with van der Waals surface area (Å²) in [6, 6.07) is 9.53. The molecule has 2 nitrogen and oxygen atoms in total. The van der Waals surface area contributed by atoms with Crippen molar-refractivity contribution in [2.24, 2.45) is 5.73 Å². The highest BCUT2D eigenvalue weighted by Gasteiger charge is 2.15. The van der Waals surface area contributed by atoms with Gasteiger partial charge in [-0.1, -0.05) is 18.2 Å². The monoisotopic (exact) mass is 275 g/mol. The summed E-state index contributed by atoms with van der Waals surface area (Å²) < 4.78 is 31.5. The van der Waals surface area contributed by atoms with Crippen LogP contribution in [0.25, 0.3) is 0 Å². The largest absolute Gasteiger partial charge is 0.493 e. The Morgan fingerprint density at radius 1 is 1.10 bits per heavy atom. The molecule has 0 saturated heterocycles. The van der Waals surface area contributed by atoms with E-state index in [0.29, 0.717) is 18.6 Å². The molecule has 2 aromatic carbocycles. The summed E-state index contributed by atoms with van der Waals surface area (Å²) in [5.74, 6) is -0.761. The average Bonchev–Trinajstić information content (AvgIpc) is 2.90. The quantitative estimate of drug-likeness (QED) is 0.934. The van der Waals surface area contributed by atoms with Gasteiger partial charge in [-0.25, -0.2) is 8.78 Å². The Labute approximate surface area is 116 Å². The van der Waals surface area contributed by atoms with Gasteiger partial charge in [0.05, 0.1) is 6.61 Å². The Kier molecular flexibility index (Phi) is 3.40. The van der Waals surface area contributed by atoms with E-state index in [1.54, 1.807) is 6.07 Å². The molecule has 0 bridgehead atoms. The number of nitrogens with two attached hydrogens (primary N) is 1. The second-order valence-corrected chi connectivity index (χ2v) is 5.02. The number of halogens is 2. The normalized spacial score (nSPS) is 14.8. The fraction of sp³-hybridized carbons (Fsp3) is 0.250. The Balaban J connectivity index is 1.78. The van der Waals surface area contributed by atoms with E-state index in [1.165, 1.54) is 6.07 Å². The first-order valence-electron chi connectivity index (χ1n) is 6.58. The Bertz CT molecular complexity index is 642. The van der Waals surface area contributed by atoms with Crippen molar-refractivity contribution < 1.29 is 13.5 Å². The molecule has 0 spiro atoms. The molecule has 0 aliphatic carbocycles. The van der Waals surface area contributed by atoms with E-state index in [0.717, 1.165) is 29.4 Å². The molecule has 1 heterocycles. The summed E-state index contributed by atoms with van der Waals surface area (Å²) in [6.07, 6.45) is 1.36. The lowest BCUT2D eigenvalue weighted by molar-refractivity contribution is 0.357. The highest BCUT2D eigenvalue weighted by molar-refractivity contribution is 5.41. The van der Waals surface area contributed by atoms with Gasteiger partial charge in [-0.15, -0.1) is 0 Å². The number of fused-ring (bicyclic) bond motifs is 1. The topological polar surface area (TPSA) is 35.2 Å². The van der Waals surface area contributed by atoms with Crippen molar-refractivity contribution >= 4 is 0 Å². The van der Waals surface area contributed by atoms with Gasteiger partial charge in [0.1, 0.15) is 5.75 Å². The summed E-state index contributed by atoms with van der Waals surface area (Å²) in [5, 5.41) is 0. The van der Waals surface area contributed by atoms with Gasteiger partial charge in [-0.05, 0) is 41.3 Å². The van der Waals surface area contributed by atoms with Crippen LogP contribution < -0.4 is 10.5 Å². The molecule has 4 heteroatoms. The summed E-state index contributed by atoms with van der Waals surface area (Å²) in [4.78, 5) is 0. The maximum Gasteiger partial charge on any atom is 0.159 e. The molecule has 3 rings (SSSR count). The molecule has 0 amide bonds. The van der Waals surface area contributed by atoms with E-state index in [4.69, 9.17) is 10.5 Å². The standard InChI is InChI=1S/C16H15F2NO/c17-13-3-1-10(7-14(13)18)8-15(19)11-2-4-16-12(9-11)5-6-20-16/h1-4,7,9,15H,5-6,8,19H2. The Morgan fingerprint density at radius 2 is 1.95 bits per heavy atom. The van der Waals surface area contributed by atoms with Gasteiger partial charge in [0.15, 0.2) is 11.6 Å². The van der Waals surface area contributed by atoms with Crippen molar-refractivity contribution in [1.29, 1.82) is 0 Å². The van der Waals surface area contributed by atoms with Crippen molar-refractivity contribution in [3.63, 3.8) is 0 Å². The molecule has 104 valence electrons. The van der Waals surface area contributed by atoms with Crippen LogP contribution in [0, 0.1) is 11.6 Å². The molecule has 0 radical (unpaired) electrons. The maximum atomic E-state index is 13.2. The number of ether oxygens (including phenoxy) is 1. The molecule has 1 unspecified atom stereocenters. The van der Waals surface area contributed by atoms with E-state index >= 15 is 0 Å². The fourth-order valence-corrected chi connectivity index (χ4v) is 2.48. The highest BCUT2D eigenvalue weighted by Crippen LogP contribution is 2.28. The van der Waals surface area contributed by atoms with Crippen LogP contribution in [0.2, 0.25) is 0 Å². The molecule has 20 heavy (non-hydrogen) atoms. The van der Waals surface area contributed by atoms with Crippen molar-refractivity contribution in [3.8, 4) is 5.75 Å². The molecule has 1 aliphatic heterocycles. The molecule has 0 fully saturated rings. The second kappa shape index (κ2) is 5.21. The van der Waals surface area contributed by atoms with Crippen molar-refractivity contribution in [1.82, 2.24) is 0 Å². The van der Waals surface area contributed by atoms with E-state index < -0.39 is 11.6 Å². The van der Waals surface area contributed by atoms with E-state index in [-0.39, 0.29) is 6.04 Å². The number of hydrogen-bond acceptors (Lipinski definition) is 2. The first-order valence-corrected chi connectivity index (χ1v) is 6.58. The highest BCUT2D eigenvalue weighted by atomic mass is 19.2. The van der Waals surface area contributed by atoms with Crippen molar-refractivity contribution in [3.05, 3.63) is 64.7 Å². The van der Waals surface area contributed by atoms with Gasteiger partial charge >= 0.3 is 0 Å². The Morgan fingerprint density at radius 3 is 2.75 bits per heavy atom. The smallest absolute Gasteiger partial charge is 0.159 e. The minimum Gasteiger partial charge on any atom is -0.493 e. The van der Waals surface area contributed by atoms with Gasteiger partial charge < -0.3 is 10.5 Å². The number of rotatable bonds is 3. The number of benzene rings is 2. The van der Waals surface area contributed by atoms with Crippen LogP contribution in [0.15, 0.2) is 36.4 Å². The summed E-state index contributed by atoms with van der Waals surface area (Å²) >= 11 is 0. The lowest BCUT2D eigenvalue weighted by Crippen LogP contribution is -2.13. The van der Waals surface area contributed by atoms with Gasteiger partial charge in [-0.3, -0.25) is 0 Å². The summed E-state index contributed by atoms with van der Waals surface area (Å²) in [5.41, 5.74) is 8.98. The molecule has 1 atom stereocenters. The van der Waals surface area contributed by atoms with Crippen LogP contribution in [0.4, 0.5) is 8.78 Å². The lowest BCUT2D eigenvalue weighted by Gasteiger charge is -2.13. The van der Waals surface area contributed by atoms with Crippen LogP contribution in [0.5, 0.6) is 5.75 Å². The summed E-state index contributed by atoms with van der Waals surface area (Å²) in [7, 11) is 0. The lowest BCUT2D eigenvalue weighted by atomic mass is 9.97. The van der Waals surface area contributed by atoms with Gasteiger partial charge in [0.25, 0.3) is 0 Å². The molecule has 2 N–H and O–H groups in total. The SMILES string of the molecule is NC(Cc1ccc(F)c(F)c1)c1ccc2c(c1)CCO2. The fourth-order valence-electron chi connectivity index (χ4n) is 2.48. The molecular formula is C16H15F2NO. The van der Waals surface area contributed by atoms with E-state index in [9.17, 15) is 8.78 Å². The first-order chi connectivity index (χ1) is 9.63. The third-order valence-corrected chi connectivity index (χ3v) is 3.58. The molecule has 0 saturated carbocycles. The van der Waals surface area contributed by atoms with Gasteiger partial charge in [-0.2, -0.15) is 0 Å². The van der Waals surface area contributed by atoms with Crippen LogP contribution in [-0.4, -0.2) is 6.61 Å². The third-order valence-electron chi connectivity index (χ3n) is 3.58. The summed E-state index contributed by atoms with van der Waals surface area (Å²) in [6.45, 7) is 0.706. The van der Waals surface area contributed by atoms with E-state index in [2.05, 4.69) is 0 Å².